The van der Waals surface area contributed by atoms with Crippen molar-refractivity contribution in [3.8, 4) is 0 Å². The van der Waals surface area contributed by atoms with Gasteiger partial charge >= 0.3 is 11.9 Å². The number of allylic oxidation sites excluding steroid dienone is 1. The van der Waals surface area contributed by atoms with Crippen molar-refractivity contribution in [1.82, 2.24) is 0 Å². The highest BCUT2D eigenvalue weighted by Crippen LogP contribution is 2.62. The lowest BCUT2D eigenvalue weighted by atomic mass is 9.78. The molecule has 7 unspecified atom stereocenters. The van der Waals surface area contributed by atoms with Gasteiger partial charge < -0.3 is 19.7 Å². The minimum Gasteiger partial charge on any atom is -0.509 e. The maximum absolute atomic E-state index is 13.3. The number of aliphatic hydroxyl groups is 2. The van der Waals surface area contributed by atoms with Crippen LogP contribution in [0.1, 0.15) is 73.6 Å². The summed E-state index contributed by atoms with van der Waals surface area (Å²) in [5.41, 5.74) is -1.43. The Hall–Kier alpha value is -2.15. The number of ketones is 1. The van der Waals surface area contributed by atoms with E-state index in [-0.39, 0.29) is 47.4 Å². The molecule has 2 saturated carbocycles. The minimum absolute atomic E-state index is 0.0563. The molecule has 0 aromatic carbocycles. The van der Waals surface area contributed by atoms with Crippen LogP contribution in [0.25, 0.3) is 0 Å². The Morgan fingerprint density at radius 1 is 1.24 bits per heavy atom. The first-order valence-electron chi connectivity index (χ1n) is 12.0. The number of carbonyl (C=O) groups is 3. The summed E-state index contributed by atoms with van der Waals surface area (Å²) in [6, 6.07) is 0. The quantitative estimate of drug-likeness (QED) is 0.479. The molecule has 0 heterocycles. The highest BCUT2D eigenvalue weighted by Gasteiger charge is 2.64. The lowest BCUT2D eigenvalue weighted by Gasteiger charge is -2.38. The number of esters is 2. The summed E-state index contributed by atoms with van der Waals surface area (Å²) in [5, 5.41) is 23.2. The average Bonchev–Trinajstić information content (AvgIpc) is 3.17. The highest BCUT2D eigenvalue weighted by molar-refractivity contribution is 6.00. The molecule has 0 bridgehead atoms. The molecular formula is C26H38O7. The van der Waals surface area contributed by atoms with Crippen LogP contribution in [0, 0.1) is 29.1 Å². The van der Waals surface area contributed by atoms with Gasteiger partial charge in [-0.15, -0.1) is 0 Å². The molecule has 3 rings (SSSR count). The fraction of sp³-hybridized carbons (Fsp3) is 0.731. The smallest absolute Gasteiger partial charge is 0.306 e. The number of rotatable bonds is 4. The second-order valence-electron chi connectivity index (χ2n) is 10.8. The molecule has 184 valence electrons. The first-order chi connectivity index (χ1) is 15.3. The van der Waals surface area contributed by atoms with Crippen molar-refractivity contribution in [2.45, 2.75) is 91.5 Å². The van der Waals surface area contributed by atoms with Crippen molar-refractivity contribution in [1.29, 1.82) is 0 Å². The number of Topliss-reactive ketones (excluding diaryl/α,β-unsaturated/α-hetero) is 1. The van der Waals surface area contributed by atoms with E-state index in [2.05, 4.69) is 6.58 Å². The van der Waals surface area contributed by atoms with E-state index in [0.29, 0.717) is 24.8 Å². The number of hydrogen-bond acceptors (Lipinski definition) is 7. The molecule has 0 aliphatic heterocycles. The van der Waals surface area contributed by atoms with Crippen molar-refractivity contribution in [3.05, 3.63) is 23.5 Å². The molecule has 0 aromatic heterocycles. The molecule has 7 heteroatoms. The zero-order valence-electron chi connectivity index (χ0n) is 20.6. The maximum atomic E-state index is 13.3. The maximum Gasteiger partial charge on any atom is 0.306 e. The largest absolute Gasteiger partial charge is 0.509 e. The summed E-state index contributed by atoms with van der Waals surface area (Å²) >= 11 is 0. The van der Waals surface area contributed by atoms with Gasteiger partial charge in [-0.1, -0.05) is 34.3 Å². The lowest BCUT2D eigenvalue weighted by molar-refractivity contribution is -0.166. The third kappa shape index (κ3) is 4.36. The highest BCUT2D eigenvalue weighted by atomic mass is 16.6. The molecule has 3 aliphatic carbocycles. The van der Waals surface area contributed by atoms with Gasteiger partial charge in [0.25, 0.3) is 0 Å². The Morgan fingerprint density at radius 3 is 2.45 bits per heavy atom. The summed E-state index contributed by atoms with van der Waals surface area (Å²) in [7, 11) is 0. The van der Waals surface area contributed by atoms with E-state index in [9.17, 15) is 24.6 Å². The van der Waals surface area contributed by atoms with Gasteiger partial charge in [-0.05, 0) is 55.4 Å². The zero-order chi connectivity index (χ0) is 24.9. The van der Waals surface area contributed by atoms with Gasteiger partial charge in [0.2, 0.25) is 0 Å². The Balaban J connectivity index is 2.15. The van der Waals surface area contributed by atoms with E-state index >= 15 is 0 Å². The standard InChI is InChI=1S/C26H38O7/c1-8-9-18(28)33-23-14(3)12-26(31)20(23)22(32-16(5)27)13(2)10-11-17-19(25(17,6)7)21(29)15(4)24(26)30/h14,17,19-20,22-23,30-31H,2,8-12H2,1,3-7H3. The number of fused-ring (bicyclic) bond motifs is 2. The van der Waals surface area contributed by atoms with Gasteiger partial charge in [0, 0.05) is 24.8 Å². The van der Waals surface area contributed by atoms with Crippen molar-refractivity contribution < 1.29 is 34.1 Å². The van der Waals surface area contributed by atoms with Crippen molar-refractivity contribution in [3.63, 3.8) is 0 Å². The summed E-state index contributed by atoms with van der Waals surface area (Å²) in [6.07, 6.45) is 0.256. The Bertz CT molecular complexity index is 885. The number of ether oxygens (including phenoxy) is 2. The van der Waals surface area contributed by atoms with Crippen molar-refractivity contribution in [2.24, 2.45) is 29.1 Å². The molecule has 0 radical (unpaired) electrons. The van der Waals surface area contributed by atoms with Crippen LogP contribution >= 0.6 is 0 Å². The molecular weight excluding hydrogens is 424 g/mol. The zero-order valence-corrected chi connectivity index (χ0v) is 20.6. The molecule has 0 spiro atoms. The normalized spacial score (nSPS) is 38.2. The Labute approximate surface area is 196 Å². The number of carbonyl (C=O) groups excluding carboxylic acids is 3. The molecule has 0 saturated heterocycles. The van der Waals surface area contributed by atoms with Crippen LogP contribution in [0.4, 0.5) is 0 Å². The summed E-state index contributed by atoms with van der Waals surface area (Å²) in [4.78, 5) is 37.8. The molecule has 7 nitrogen and oxygen atoms in total. The minimum atomic E-state index is -1.90. The summed E-state index contributed by atoms with van der Waals surface area (Å²) in [6.45, 7) is 14.7. The van der Waals surface area contributed by atoms with Crippen LogP contribution in [-0.4, -0.2) is 45.7 Å². The lowest BCUT2D eigenvalue weighted by Crippen LogP contribution is -2.49. The average molecular weight is 463 g/mol. The molecule has 2 N–H and O–H groups in total. The Kier molecular flexibility index (Phi) is 6.87. The van der Waals surface area contributed by atoms with Crippen LogP contribution in [0.2, 0.25) is 0 Å². The summed E-state index contributed by atoms with van der Waals surface area (Å²) in [5.74, 6) is -3.04. The fourth-order valence-electron chi connectivity index (χ4n) is 6.20. The van der Waals surface area contributed by atoms with E-state index in [1.807, 2.05) is 27.7 Å². The van der Waals surface area contributed by atoms with Crippen LogP contribution in [0.15, 0.2) is 23.5 Å². The predicted molar refractivity (Wildman–Crippen MR) is 122 cm³/mol. The fourth-order valence-corrected chi connectivity index (χ4v) is 6.20. The first-order valence-corrected chi connectivity index (χ1v) is 12.0. The van der Waals surface area contributed by atoms with Gasteiger partial charge in [-0.3, -0.25) is 14.4 Å². The van der Waals surface area contributed by atoms with Crippen molar-refractivity contribution >= 4 is 17.7 Å². The summed E-state index contributed by atoms with van der Waals surface area (Å²) < 4.78 is 11.5. The van der Waals surface area contributed by atoms with Gasteiger partial charge in [-0.25, -0.2) is 0 Å². The van der Waals surface area contributed by atoms with Gasteiger partial charge in [0.05, 0.1) is 5.92 Å². The van der Waals surface area contributed by atoms with Crippen molar-refractivity contribution in [2.75, 3.05) is 0 Å². The van der Waals surface area contributed by atoms with Crippen LogP contribution < -0.4 is 0 Å². The molecule has 0 aromatic rings. The number of hydrogen-bond donors (Lipinski definition) is 2. The van der Waals surface area contributed by atoms with Gasteiger partial charge in [0.1, 0.15) is 23.6 Å². The molecule has 33 heavy (non-hydrogen) atoms. The Morgan fingerprint density at radius 2 is 1.88 bits per heavy atom. The van der Waals surface area contributed by atoms with E-state index in [4.69, 9.17) is 9.47 Å². The second-order valence-corrected chi connectivity index (χ2v) is 10.8. The third-order valence-electron chi connectivity index (χ3n) is 8.09. The number of aliphatic hydroxyl groups excluding tert-OH is 1. The van der Waals surface area contributed by atoms with E-state index in [0.717, 1.165) is 0 Å². The van der Waals surface area contributed by atoms with Gasteiger partial charge in [0.15, 0.2) is 5.78 Å². The van der Waals surface area contributed by atoms with Gasteiger partial charge in [-0.2, -0.15) is 0 Å². The topological polar surface area (TPSA) is 110 Å². The monoisotopic (exact) mass is 462 g/mol. The van der Waals surface area contributed by atoms with E-state index in [1.54, 1.807) is 0 Å². The van der Waals surface area contributed by atoms with E-state index in [1.165, 1.54) is 13.8 Å². The molecule has 0 amide bonds. The SMILES string of the molecule is C=C1CCC2C(C(=O)C(C)=C(O)C3(O)CC(C)C(OC(=O)CCC)C3C1OC(C)=O)C2(C)C. The molecule has 7 atom stereocenters. The first kappa shape index (κ1) is 25.5. The van der Waals surface area contributed by atoms with Crippen LogP contribution in [0.5, 0.6) is 0 Å². The third-order valence-corrected chi connectivity index (χ3v) is 8.09. The van der Waals surface area contributed by atoms with Crippen LogP contribution in [0.3, 0.4) is 0 Å². The second kappa shape index (κ2) is 8.90. The van der Waals surface area contributed by atoms with Crippen LogP contribution in [-0.2, 0) is 23.9 Å². The molecule has 2 fully saturated rings. The predicted octanol–water partition coefficient (Wildman–Crippen LogP) is 4.04. The van der Waals surface area contributed by atoms with E-state index < -0.39 is 41.4 Å². The molecule has 3 aliphatic rings.